The summed E-state index contributed by atoms with van der Waals surface area (Å²) in [5.41, 5.74) is 8.88. The Kier molecular flexibility index (Phi) is 9.98. The number of hydrogen-bond acceptors (Lipinski definition) is 10. The largest absolute Gasteiger partial charge is 0.482 e. The summed E-state index contributed by atoms with van der Waals surface area (Å²) in [4.78, 5) is 31.1. The summed E-state index contributed by atoms with van der Waals surface area (Å²) in [5.74, 6) is 0.104. The topological polar surface area (TPSA) is 193 Å². The summed E-state index contributed by atoms with van der Waals surface area (Å²) in [6.45, 7) is 1.70. The molecule has 0 atom stereocenters. The zero-order chi connectivity index (χ0) is 33.7. The van der Waals surface area contributed by atoms with Crippen LogP contribution in [0.4, 0.5) is 11.5 Å². The van der Waals surface area contributed by atoms with Crippen LogP contribution in [-0.4, -0.2) is 70.1 Å². The second kappa shape index (κ2) is 14.1. The van der Waals surface area contributed by atoms with Crippen LogP contribution in [0.5, 0.6) is 5.75 Å². The molecule has 0 spiro atoms. The standard InChI is InChI=1S/C32H34N6O8S/c1-21-22(9-7-13-26(21)46-20-29(39)40)19-36(47(43,44)27-14-6-5-12-25(27)38(41)42)16-8-17-37-28(15-18-45-2)35-30-31(37)23-10-3-4-11-24(23)34-32(30)33/h3-7,9-14H,8,15-20H2,1-2H3,(H2,33,34)(H,39,40). The van der Waals surface area contributed by atoms with E-state index in [1.807, 2.05) is 28.8 Å². The molecular formula is C32H34N6O8S. The van der Waals surface area contributed by atoms with Crippen molar-refractivity contribution in [3.05, 3.63) is 93.8 Å². The second-order valence-electron chi connectivity index (χ2n) is 10.8. The molecule has 0 unspecified atom stereocenters. The number of nitrogens with two attached hydrogens (primary N) is 1. The fourth-order valence-corrected chi connectivity index (χ4v) is 7.12. The van der Waals surface area contributed by atoms with E-state index in [9.17, 15) is 23.3 Å². The van der Waals surface area contributed by atoms with E-state index in [4.69, 9.17) is 25.3 Å². The van der Waals surface area contributed by atoms with Gasteiger partial charge in [0.25, 0.3) is 5.69 Å². The number of fused-ring (bicyclic) bond motifs is 3. The fourth-order valence-electron chi connectivity index (χ4n) is 5.50. The van der Waals surface area contributed by atoms with Gasteiger partial charge in [-0.1, -0.05) is 42.5 Å². The quantitative estimate of drug-likeness (QED) is 0.120. The van der Waals surface area contributed by atoms with Gasteiger partial charge in [0.1, 0.15) is 17.1 Å². The first kappa shape index (κ1) is 33.2. The summed E-state index contributed by atoms with van der Waals surface area (Å²) in [7, 11) is -2.81. The Hall–Kier alpha value is -5.12. The van der Waals surface area contributed by atoms with Gasteiger partial charge in [-0.25, -0.2) is 23.2 Å². The maximum absolute atomic E-state index is 14.2. The normalized spacial score (nSPS) is 11.8. The number of anilines is 1. The van der Waals surface area contributed by atoms with Gasteiger partial charge in [-0.15, -0.1) is 0 Å². The van der Waals surface area contributed by atoms with E-state index in [1.54, 1.807) is 32.2 Å². The van der Waals surface area contributed by atoms with E-state index >= 15 is 0 Å². The monoisotopic (exact) mass is 662 g/mol. The lowest BCUT2D eigenvalue weighted by Crippen LogP contribution is -2.33. The lowest BCUT2D eigenvalue weighted by Gasteiger charge is -2.24. The number of aryl methyl sites for hydroxylation is 1. The third-order valence-corrected chi connectivity index (χ3v) is 9.67. The number of aliphatic carboxylic acids is 1. The van der Waals surface area contributed by atoms with Gasteiger partial charge in [-0.2, -0.15) is 4.31 Å². The van der Waals surface area contributed by atoms with Crippen molar-refractivity contribution in [1.82, 2.24) is 18.8 Å². The zero-order valence-electron chi connectivity index (χ0n) is 25.8. The van der Waals surface area contributed by atoms with Crippen molar-refractivity contribution in [3.8, 4) is 5.75 Å². The summed E-state index contributed by atoms with van der Waals surface area (Å²) >= 11 is 0. The highest BCUT2D eigenvalue weighted by Crippen LogP contribution is 2.32. The highest BCUT2D eigenvalue weighted by molar-refractivity contribution is 7.89. The second-order valence-corrected chi connectivity index (χ2v) is 12.7. The van der Waals surface area contributed by atoms with E-state index in [0.29, 0.717) is 59.7 Å². The predicted molar refractivity (Wildman–Crippen MR) is 175 cm³/mol. The average molecular weight is 663 g/mol. The van der Waals surface area contributed by atoms with Crippen LogP contribution in [0.25, 0.3) is 21.9 Å². The van der Waals surface area contributed by atoms with Crippen LogP contribution in [0.1, 0.15) is 23.4 Å². The van der Waals surface area contributed by atoms with Gasteiger partial charge in [0.2, 0.25) is 10.0 Å². The molecule has 5 aromatic rings. The molecule has 0 aliphatic rings. The number of nitrogens with zero attached hydrogens (tertiary/aromatic N) is 5. The lowest BCUT2D eigenvalue weighted by molar-refractivity contribution is -0.387. The molecule has 14 nitrogen and oxygen atoms in total. The summed E-state index contributed by atoms with van der Waals surface area (Å²) in [6.07, 6.45) is 0.773. The number of sulfonamides is 1. The molecule has 0 aliphatic heterocycles. The lowest BCUT2D eigenvalue weighted by atomic mass is 10.1. The van der Waals surface area contributed by atoms with Crippen LogP contribution >= 0.6 is 0 Å². The molecule has 3 aromatic carbocycles. The van der Waals surface area contributed by atoms with Crippen molar-refractivity contribution in [3.63, 3.8) is 0 Å². The van der Waals surface area contributed by atoms with Crippen LogP contribution in [0.3, 0.4) is 0 Å². The maximum atomic E-state index is 14.2. The van der Waals surface area contributed by atoms with Gasteiger partial charge >= 0.3 is 5.97 Å². The van der Waals surface area contributed by atoms with E-state index < -0.39 is 38.1 Å². The number of methoxy groups -OCH3 is 1. The summed E-state index contributed by atoms with van der Waals surface area (Å²) < 4.78 is 42.2. The molecule has 3 N–H and O–H groups in total. The van der Waals surface area contributed by atoms with Crippen molar-refractivity contribution >= 4 is 49.4 Å². The molecule has 0 aliphatic carbocycles. The van der Waals surface area contributed by atoms with Crippen LogP contribution in [0, 0.1) is 17.0 Å². The number of carboxylic acids is 1. The minimum Gasteiger partial charge on any atom is -0.482 e. The minimum absolute atomic E-state index is 0.0179. The first-order valence-corrected chi connectivity index (χ1v) is 16.2. The number of imidazole rings is 1. The zero-order valence-corrected chi connectivity index (χ0v) is 26.6. The Morgan fingerprint density at radius 1 is 1.09 bits per heavy atom. The number of nitrogen functional groups attached to an aromatic ring is 1. The van der Waals surface area contributed by atoms with Gasteiger partial charge in [0.15, 0.2) is 17.3 Å². The number of carboxylic acid groups (broad SMARTS) is 1. The Morgan fingerprint density at radius 2 is 1.83 bits per heavy atom. The van der Waals surface area contributed by atoms with Crippen molar-refractivity contribution in [2.75, 3.05) is 32.6 Å². The first-order chi connectivity index (χ1) is 22.5. The minimum atomic E-state index is -4.40. The SMILES string of the molecule is COCCc1nc2c(N)nc3ccccc3c2n1CCCN(Cc1cccc(OCC(=O)O)c1C)S(=O)(=O)c1ccccc1[N+](=O)[O-]. The van der Waals surface area contributed by atoms with Crippen LogP contribution in [-0.2, 0) is 39.1 Å². The van der Waals surface area contributed by atoms with Crippen LogP contribution in [0.15, 0.2) is 71.6 Å². The van der Waals surface area contributed by atoms with Gasteiger partial charge in [0.05, 0.1) is 22.6 Å². The van der Waals surface area contributed by atoms with Crippen molar-refractivity contribution in [2.24, 2.45) is 0 Å². The Labute approximate surface area is 270 Å². The summed E-state index contributed by atoms with van der Waals surface area (Å²) in [6, 6.07) is 17.7. The van der Waals surface area contributed by atoms with Crippen LogP contribution < -0.4 is 10.5 Å². The fraction of sp³-hybridized carbons (Fsp3) is 0.281. The van der Waals surface area contributed by atoms with Crippen molar-refractivity contribution < 1.29 is 32.7 Å². The maximum Gasteiger partial charge on any atom is 0.341 e. The smallest absolute Gasteiger partial charge is 0.341 e. The number of nitro benzene ring substituents is 1. The van der Waals surface area contributed by atoms with Crippen LogP contribution in [0.2, 0.25) is 0 Å². The van der Waals surface area contributed by atoms with Gasteiger partial charge in [0, 0.05) is 44.6 Å². The van der Waals surface area contributed by atoms with Gasteiger partial charge < -0.3 is 24.9 Å². The molecule has 2 aromatic heterocycles. The van der Waals surface area contributed by atoms with Crippen molar-refractivity contribution in [2.45, 2.75) is 37.8 Å². The van der Waals surface area contributed by atoms with Crippen molar-refractivity contribution in [1.29, 1.82) is 0 Å². The average Bonchev–Trinajstić information content (AvgIpc) is 3.42. The molecule has 0 fully saturated rings. The number of carbonyl (C=O) groups is 1. The number of rotatable bonds is 15. The first-order valence-electron chi connectivity index (χ1n) is 14.7. The number of ether oxygens (including phenoxy) is 2. The molecule has 47 heavy (non-hydrogen) atoms. The van der Waals surface area contributed by atoms with E-state index in [0.717, 1.165) is 17.0 Å². The number of para-hydroxylation sites is 2. The third-order valence-electron chi connectivity index (χ3n) is 7.78. The number of pyridine rings is 1. The number of benzene rings is 3. The molecule has 5 rings (SSSR count). The highest BCUT2D eigenvalue weighted by Gasteiger charge is 2.32. The number of nitro groups is 1. The van der Waals surface area contributed by atoms with Gasteiger partial charge in [-0.05, 0) is 42.7 Å². The molecular weight excluding hydrogens is 628 g/mol. The molecule has 0 bridgehead atoms. The molecule has 0 saturated carbocycles. The predicted octanol–water partition coefficient (Wildman–Crippen LogP) is 4.32. The molecule has 0 saturated heterocycles. The van der Waals surface area contributed by atoms with E-state index in [1.165, 1.54) is 22.5 Å². The Morgan fingerprint density at radius 3 is 2.57 bits per heavy atom. The third kappa shape index (κ3) is 7.01. The number of hydrogen-bond donors (Lipinski definition) is 2. The number of aromatic nitrogens is 3. The van der Waals surface area contributed by atoms with E-state index in [2.05, 4.69) is 4.98 Å². The molecule has 0 amide bonds. The highest BCUT2D eigenvalue weighted by atomic mass is 32.2. The van der Waals surface area contributed by atoms with E-state index in [-0.39, 0.29) is 18.9 Å². The molecule has 2 heterocycles. The molecule has 0 radical (unpaired) electrons. The Bertz CT molecular complexity index is 2060. The Balaban J connectivity index is 1.53. The molecule has 246 valence electrons. The molecule has 15 heteroatoms. The summed E-state index contributed by atoms with van der Waals surface area (Å²) in [5, 5.41) is 21.8. The van der Waals surface area contributed by atoms with Gasteiger partial charge in [-0.3, -0.25) is 10.1 Å².